The van der Waals surface area contributed by atoms with Crippen LogP contribution in [0.25, 0.3) is 5.65 Å². The van der Waals surface area contributed by atoms with Crippen molar-refractivity contribution in [2.24, 2.45) is 0 Å². The largest absolute Gasteiger partial charge is 0.379 e. The number of piperazine rings is 1. The first kappa shape index (κ1) is 26.6. The summed E-state index contributed by atoms with van der Waals surface area (Å²) in [5.41, 5.74) is 2.31. The maximum atomic E-state index is 13.1. The van der Waals surface area contributed by atoms with Gasteiger partial charge < -0.3 is 31.1 Å². The molecule has 0 aromatic carbocycles. The van der Waals surface area contributed by atoms with Gasteiger partial charge in [-0.3, -0.25) is 4.79 Å². The molecule has 212 valence electrons. The van der Waals surface area contributed by atoms with E-state index in [0.29, 0.717) is 34.0 Å². The summed E-state index contributed by atoms with van der Waals surface area (Å²) in [6.07, 6.45) is 8.93. The first-order chi connectivity index (χ1) is 19.4. The molecule has 0 spiro atoms. The Morgan fingerprint density at radius 1 is 0.925 bits per heavy atom. The minimum absolute atomic E-state index is 0.0485. The van der Waals surface area contributed by atoms with Crippen LogP contribution in [0, 0.1) is 0 Å². The number of nitrogens with zero attached hydrogens (tertiary/aromatic N) is 6. The van der Waals surface area contributed by atoms with Crippen LogP contribution in [0.3, 0.4) is 0 Å². The van der Waals surface area contributed by atoms with Crippen molar-refractivity contribution >= 4 is 46.4 Å². The molecule has 0 atom stereocenters. The predicted molar refractivity (Wildman–Crippen MR) is 154 cm³/mol. The third-order valence-corrected chi connectivity index (χ3v) is 8.03. The topological polar surface area (TPSA) is 132 Å². The van der Waals surface area contributed by atoms with Crippen LogP contribution in [-0.4, -0.2) is 92.7 Å². The van der Waals surface area contributed by atoms with Gasteiger partial charge in [-0.05, 0) is 57.7 Å². The van der Waals surface area contributed by atoms with Crippen LogP contribution in [-0.2, 0) is 0 Å². The van der Waals surface area contributed by atoms with E-state index < -0.39 is 0 Å². The van der Waals surface area contributed by atoms with Gasteiger partial charge in [0.25, 0.3) is 5.91 Å². The summed E-state index contributed by atoms with van der Waals surface area (Å²) in [5.74, 6) is 0.341. The van der Waals surface area contributed by atoms with Gasteiger partial charge >= 0.3 is 6.03 Å². The fraction of sp³-hybridized carbons (Fsp3) is 0.519. The number of urea groups is 1. The van der Waals surface area contributed by atoms with E-state index in [1.165, 1.54) is 12.4 Å². The normalized spacial score (nSPS) is 21.7. The number of hydrogen-bond acceptors (Lipinski definition) is 8. The number of carbonyl (C=O) groups excluding carboxylic acids is 2. The zero-order valence-electron chi connectivity index (χ0n) is 22.6. The number of imidazole rings is 1. The average molecular weight is 567 g/mol. The van der Waals surface area contributed by atoms with Crippen LogP contribution in [0.15, 0.2) is 30.6 Å². The first-order valence-corrected chi connectivity index (χ1v) is 14.4. The Hall–Kier alpha value is -3.64. The Labute approximate surface area is 237 Å². The highest BCUT2D eigenvalue weighted by Gasteiger charge is 2.27. The summed E-state index contributed by atoms with van der Waals surface area (Å²) in [4.78, 5) is 38.5. The number of amides is 3. The number of likely N-dealkylation sites (N-methyl/N-ethyl adjacent to an activating group) is 1. The smallest absolute Gasteiger partial charge is 0.317 e. The van der Waals surface area contributed by atoms with Gasteiger partial charge in [-0.2, -0.15) is 0 Å². The first-order valence-electron chi connectivity index (χ1n) is 14.0. The quantitative estimate of drug-likeness (QED) is 0.320. The number of anilines is 3. The lowest BCUT2D eigenvalue weighted by atomic mass is 9.91. The van der Waals surface area contributed by atoms with Crippen LogP contribution >= 0.6 is 11.6 Å². The average Bonchev–Trinajstić information content (AvgIpc) is 3.65. The second-order valence-electron chi connectivity index (χ2n) is 11.0. The summed E-state index contributed by atoms with van der Waals surface area (Å²) < 4.78 is 1.59. The Morgan fingerprint density at radius 3 is 2.35 bits per heavy atom. The molecule has 13 heteroatoms. The van der Waals surface area contributed by atoms with E-state index in [2.05, 4.69) is 43.2 Å². The summed E-state index contributed by atoms with van der Waals surface area (Å²) in [6, 6.07) is 6.10. The summed E-state index contributed by atoms with van der Waals surface area (Å²) >= 11 is 5.98. The fourth-order valence-electron chi connectivity index (χ4n) is 5.29. The van der Waals surface area contributed by atoms with Crippen molar-refractivity contribution in [2.75, 3.05) is 49.2 Å². The van der Waals surface area contributed by atoms with E-state index in [9.17, 15) is 9.59 Å². The third-order valence-electron chi connectivity index (χ3n) is 7.82. The van der Waals surface area contributed by atoms with Crippen molar-refractivity contribution in [1.29, 1.82) is 0 Å². The molecule has 1 aliphatic heterocycles. The molecule has 3 aliphatic rings. The second-order valence-corrected chi connectivity index (χ2v) is 11.4. The monoisotopic (exact) mass is 566 g/mol. The van der Waals surface area contributed by atoms with Crippen LogP contribution in [0.1, 0.15) is 49.0 Å². The molecule has 1 saturated heterocycles. The zero-order chi connectivity index (χ0) is 27.6. The molecule has 3 fully saturated rings. The number of carbonyl (C=O) groups is 2. The number of hydrogen-bond donors (Lipinski definition) is 4. The number of aromatic nitrogens is 4. The zero-order valence-corrected chi connectivity index (χ0v) is 23.3. The van der Waals surface area contributed by atoms with Crippen LogP contribution in [0.2, 0.25) is 5.15 Å². The fourth-order valence-corrected chi connectivity index (χ4v) is 5.46. The standard InChI is InChI=1S/C27H35ClN10O2/c1-36-10-12-37(13-11-36)27(40)34-19-6-4-18(5-7-19)32-24-15-21(31-17-2-3-17)25-30-16-22(38(25)35-24)26(39)33-20-8-9-29-23(28)14-20/h8-9,14-19,31H,2-7,10-13H2,1H3,(H,32,35)(H,34,40)(H,29,33,39). The van der Waals surface area contributed by atoms with Crippen molar-refractivity contribution in [2.45, 2.75) is 56.7 Å². The molecule has 3 amide bonds. The molecule has 3 aromatic heterocycles. The number of nitrogens with one attached hydrogen (secondary N) is 4. The summed E-state index contributed by atoms with van der Waals surface area (Å²) in [5, 5.41) is 18.2. The van der Waals surface area contributed by atoms with Gasteiger partial charge in [0.15, 0.2) is 11.3 Å². The van der Waals surface area contributed by atoms with Gasteiger partial charge in [0.2, 0.25) is 0 Å². The number of halogens is 1. The van der Waals surface area contributed by atoms with Crippen molar-refractivity contribution in [3.05, 3.63) is 41.4 Å². The minimum Gasteiger partial charge on any atom is -0.379 e. The molecule has 0 unspecified atom stereocenters. The minimum atomic E-state index is -0.339. The molecular formula is C27H35ClN10O2. The molecule has 12 nitrogen and oxygen atoms in total. The molecule has 3 aromatic rings. The van der Waals surface area contributed by atoms with Gasteiger partial charge in [-0.1, -0.05) is 11.6 Å². The maximum Gasteiger partial charge on any atom is 0.317 e. The molecule has 40 heavy (non-hydrogen) atoms. The second kappa shape index (κ2) is 11.5. The van der Waals surface area contributed by atoms with E-state index in [1.54, 1.807) is 16.6 Å². The molecule has 6 rings (SSSR count). The van der Waals surface area contributed by atoms with E-state index in [-0.39, 0.29) is 24.0 Å². The maximum absolute atomic E-state index is 13.1. The Morgan fingerprint density at radius 2 is 1.62 bits per heavy atom. The van der Waals surface area contributed by atoms with Gasteiger partial charge in [0.1, 0.15) is 11.0 Å². The van der Waals surface area contributed by atoms with E-state index in [0.717, 1.165) is 70.4 Å². The van der Waals surface area contributed by atoms with Crippen LogP contribution in [0.5, 0.6) is 0 Å². The van der Waals surface area contributed by atoms with Gasteiger partial charge in [-0.25, -0.2) is 19.3 Å². The van der Waals surface area contributed by atoms with Gasteiger partial charge in [-0.15, -0.1) is 5.10 Å². The van der Waals surface area contributed by atoms with E-state index >= 15 is 0 Å². The van der Waals surface area contributed by atoms with Crippen LogP contribution in [0.4, 0.5) is 22.0 Å². The van der Waals surface area contributed by atoms with E-state index in [1.807, 2.05) is 11.0 Å². The highest BCUT2D eigenvalue weighted by molar-refractivity contribution is 6.29. The summed E-state index contributed by atoms with van der Waals surface area (Å²) in [6.45, 7) is 3.37. The Kier molecular flexibility index (Phi) is 7.61. The van der Waals surface area contributed by atoms with Gasteiger partial charge in [0, 0.05) is 62.3 Å². The number of pyridine rings is 1. The Balaban J connectivity index is 1.12. The highest BCUT2D eigenvalue weighted by atomic mass is 35.5. The molecule has 0 bridgehead atoms. The molecule has 4 heterocycles. The molecule has 4 N–H and O–H groups in total. The highest BCUT2D eigenvalue weighted by Crippen LogP contribution is 2.30. The predicted octanol–water partition coefficient (Wildman–Crippen LogP) is 3.28. The number of rotatable bonds is 7. The number of fused-ring (bicyclic) bond motifs is 1. The Bertz CT molecular complexity index is 1380. The molecular weight excluding hydrogens is 532 g/mol. The molecule has 2 saturated carbocycles. The van der Waals surface area contributed by atoms with Crippen molar-refractivity contribution < 1.29 is 9.59 Å². The van der Waals surface area contributed by atoms with Crippen molar-refractivity contribution in [3.63, 3.8) is 0 Å². The van der Waals surface area contributed by atoms with Crippen molar-refractivity contribution in [3.8, 4) is 0 Å². The molecule has 0 radical (unpaired) electrons. The lowest BCUT2D eigenvalue weighted by Gasteiger charge is -2.35. The lowest BCUT2D eigenvalue weighted by Crippen LogP contribution is -2.53. The van der Waals surface area contributed by atoms with E-state index in [4.69, 9.17) is 16.7 Å². The third kappa shape index (κ3) is 6.23. The SMILES string of the molecule is CN1CCN(C(=O)NC2CCC(Nc3cc(NC4CC4)c4ncc(C(=O)Nc5ccnc(Cl)c5)n4n3)CC2)CC1. The van der Waals surface area contributed by atoms with Crippen molar-refractivity contribution in [1.82, 2.24) is 34.7 Å². The molecule has 2 aliphatic carbocycles. The van der Waals surface area contributed by atoms with Gasteiger partial charge in [0.05, 0.1) is 11.9 Å². The lowest BCUT2D eigenvalue weighted by molar-refractivity contribution is 0.102. The van der Waals surface area contributed by atoms with Crippen LogP contribution < -0.4 is 21.3 Å². The summed E-state index contributed by atoms with van der Waals surface area (Å²) in [7, 11) is 2.09.